The van der Waals surface area contributed by atoms with Crippen LogP contribution in [0.2, 0.25) is 0 Å². The van der Waals surface area contributed by atoms with Crippen LogP contribution in [-0.2, 0) is 23.8 Å². The number of nitrogens with one attached hydrogen (secondary N) is 2. The lowest BCUT2D eigenvalue weighted by atomic mass is 10.1. The molecule has 1 aromatic rings. The molecule has 2 N–H and O–H groups in total. The summed E-state index contributed by atoms with van der Waals surface area (Å²) in [5.41, 5.74) is 0. The summed E-state index contributed by atoms with van der Waals surface area (Å²) in [6.07, 6.45) is 1.92. The molecule has 1 aliphatic rings. The number of fused-ring (bicyclic) bond motifs is 1. The van der Waals surface area contributed by atoms with Gasteiger partial charge in [0.05, 0.1) is 6.54 Å². The predicted molar refractivity (Wildman–Crippen MR) is 103 cm³/mol. The van der Waals surface area contributed by atoms with E-state index in [4.69, 9.17) is 0 Å². The molecule has 2 heterocycles. The van der Waals surface area contributed by atoms with E-state index in [0.717, 1.165) is 37.0 Å². The number of aliphatic imine (C=N–C) groups is 1. The molecule has 2 atom stereocenters. The highest BCUT2D eigenvalue weighted by molar-refractivity contribution is 7.86. The minimum atomic E-state index is -0.862. The average Bonchev–Trinajstić information content (AvgIpc) is 2.96. The second-order valence-electron chi connectivity index (χ2n) is 7.76. The Bertz CT molecular complexity index is 632. The predicted octanol–water partition coefficient (Wildman–Crippen LogP) is 1.43. The molecule has 1 aromatic heterocycles. The van der Waals surface area contributed by atoms with E-state index in [1.54, 1.807) is 7.05 Å². The first kappa shape index (κ1) is 19.9. The van der Waals surface area contributed by atoms with Crippen LogP contribution >= 0.6 is 0 Å². The van der Waals surface area contributed by atoms with Gasteiger partial charge in [-0.15, -0.1) is 0 Å². The highest BCUT2D eigenvalue weighted by Gasteiger charge is 2.23. The highest BCUT2D eigenvalue weighted by Crippen LogP contribution is 2.17. The summed E-state index contributed by atoms with van der Waals surface area (Å²) in [5, 5.41) is 11.3. The molecule has 0 aliphatic carbocycles. The Labute approximate surface area is 153 Å². The smallest absolute Gasteiger partial charge is 0.191 e. The van der Waals surface area contributed by atoms with Gasteiger partial charge in [0.25, 0.3) is 0 Å². The molecule has 0 spiro atoms. The first-order valence-electron chi connectivity index (χ1n) is 9.00. The lowest BCUT2D eigenvalue weighted by Gasteiger charge is -2.25. The van der Waals surface area contributed by atoms with Gasteiger partial charge in [-0.3, -0.25) is 9.20 Å². The molecule has 0 fully saturated rings. The molecule has 0 saturated heterocycles. The van der Waals surface area contributed by atoms with Crippen molar-refractivity contribution in [2.75, 3.05) is 19.3 Å². The van der Waals surface area contributed by atoms with Crippen LogP contribution in [0.5, 0.6) is 0 Å². The zero-order chi connectivity index (χ0) is 18.6. The summed E-state index contributed by atoms with van der Waals surface area (Å²) in [5.74, 6) is 3.71. The number of nitrogens with zero attached hydrogens (tertiary/aromatic N) is 4. The Morgan fingerprint density at radius 1 is 1.44 bits per heavy atom. The van der Waals surface area contributed by atoms with Crippen LogP contribution in [0.15, 0.2) is 4.99 Å². The Morgan fingerprint density at radius 3 is 2.76 bits per heavy atom. The first-order valence-corrected chi connectivity index (χ1v) is 10.3. The number of guanidine groups is 1. The van der Waals surface area contributed by atoms with E-state index < -0.39 is 10.8 Å². The molecular weight excluding hydrogens is 336 g/mol. The van der Waals surface area contributed by atoms with E-state index in [-0.39, 0.29) is 10.8 Å². The Balaban J connectivity index is 1.85. The number of aromatic nitrogens is 3. The van der Waals surface area contributed by atoms with Crippen LogP contribution in [0.3, 0.4) is 0 Å². The van der Waals surface area contributed by atoms with E-state index in [1.165, 1.54) is 0 Å². The monoisotopic (exact) mass is 368 g/mol. The van der Waals surface area contributed by atoms with E-state index in [2.05, 4.69) is 39.6 Å². The third-order valence-corrected chi connectivity index (χ3v) is 6.16. The van der Waals surface area contributed by atoms with Gasteiger partial charge >= 0.3 is 0 Å². The fourth-order valence-electron chi connectivity index (χ4n) is 2.65. The summed E-state index contributed by atoms with van der Waals surface area (Å²) in [7, 11) is 0.899. The van der Waals surface area contributed by atoms with Crippen molar-refractivity contribution >= 4 is 16.8 Å². The summed E-state index contributed by atoms with van der Waals surface area (Å²) in [6.45, 7) is 11.7. The molecule has 2 unspecified atom stereocenters. The molecule has 25 heavy (non-hydrogen) atoms. The maximum absolute atomic E-state index is 12.1. The van der Waals surface area contributed by atoms with Crippen LogP contribution in [0.25, 0.3) is 0 Å². The van der Waals surface area contributed by atoms with Gasteiger partial charge in [-0.2, -0.15) is 5.10 Å². The molecular formula is C17H32N6OS. The molecule has 0 aromatic carbocycles. The van der Waals surface area contributed by atoms with Crippen LogP contribution in [0.4, 0.5) is 0 Å². The van der Waals surface area contributed by atoms with Crippen molar-refractivity contribution in [2.45, 2.75) is 70.7 Å². The van der Waals surface area contributed by atoms with E-state index in [0.29, 0.717) is 18.2 Å². The average molecular weight is 369 g/mol. The lowest BCUT2D eigenvalue weighted by molar-refractivity contribution is 0.392. The molecule has 2 rings (SSSR count). The lowest BCUT2D eigenvalue weighted by Crippen LogP contribution is -2.48. The maximum atomic E-state index is 12.1. The van der Waals surface area contributed by atoms with Crippen LogP contribution in [0, 0.1) is 0 Å². The number of hydrogen-bond donors (Lipinski definition) is 2. The molecule has 7 nitrogen and oxygen atoms in total. The van der Waals surface area contributed by atoms with Crippen LogP contribution in [-0.4, -0.2) is 55.1 Å². The van der Waals surface area contributed by atoms with Crippen LogP contribution < -0.4 is 10.6 Å². The van der Waals surface area contributed by atoms with Gasteiger partial charge in [-0.25, -0.2) is 9.67 Å². The summed E-state index contributed by atoms with van der Waals surface area (Å²) in [6, 6.07) is 0.272. The summed E-state index contributed by atoms with van der Waals surface area (Å²) >= 11 is 0. The topological polar surface area (TPSA) is 84.2 Å². The molecule has 0 amide bonds. The standard InChI is InChI=1S/C17H32N6OS/c1-12(2)15-21-14-8-7-13(11-23(14)22-15)20-16(18-6)19-9-10-25(24)17(3,4)5/h12-13H,7-11H2,1-6H3,(H2,18,19,20). The van der Waals surface area contributed by atoms with Gasteiger partial charge in [0, 0.05) is 53.3 Å². The first-order chi connectivity index (χ1) is 11.7. The van der Waals surface area contributed by atoms with E-state index in [9.17, 15) is 4.21 Å². The SMILES string of the molecule is CN=C(NCCS(=O)C(C)(C)C)NC1CCc2nc(C(C)C)nn2C1. The third-order valence-electron chi connectivity index (χ3n) is 4.22. The fraction of sp³-hybridized carbons (Fsp3) is 0.824. The number of aryl methyl sites for hydroxylation is 1. The van der Waals surface area contributed by atoms with E-state index in [1.807, 2.05) is 25.5 Å². The van der Waals surface area contributed by atoms with Crippen molar-refractivity contribution < 1.29 is 4.21 Å². The molecule has 8 heteroatoms. The normalized spacial score (nSPS) is 19.6. The second-order valence-corrected chi connectivity index (χ2v) is 10.1. The molecule has 0 bridgehead atoms. The molecule has 142 valence electrons. The Hall–Kier alpha value is -1.44. The number of rotatable bonds is 5. The van der Waals surface area contributed by atoms with Crippen molar-refractivity contribution in [1.82, 2.24) is 25.4 Å². The Morgan fingerprint density at radius 2 is 2.16 bits per heavy atom. The summed E-state index contributed by atoms with van der Waals surface area (Å²) in [4.78, 5) is 8.90. The molecule has 0 radical (unpaired) electrons. The van der Waals surface area contributed by atoms with Gasteiger partial charge in [0.15, 0.2) is 11.8 Å². The van der Waals surface area contributed by atoms with Crippen molar-refractivity contribution in [3.05, 3.63) is 11.6 Å². The molecule has 0 saturated carbocycles. The minimum Gasteiger partial charge on any atom is -0.355 e. The van der Waals surface area contributed by atoms with Crippen molar-refractivity contribution in [2.24, 2.45) is 4.99 Å². The second kappa shape index (κ2) is 8.29. The zero-order valence-corrected chi connectivity index (χ0v) is 17.1. The van der Waals surface area contributed by atoms with Crippen molar-refractivity contribution in [3.8, 4) is 0 Å². The maximum Gasteiger partial charge on any atom is 0.191 e. The van der Waals surface area contributed by atoms with E-state index >= 15 is 0 Å². The van der Waals surface area contributed by atoms with Crippen LogP contribution in [0.1, 0.15) is 58.6 Å². The summed E-state index contributed by atoms with van der Waals surface area (Å²) < 4.78 is 13.9. The quantitative estimate of drug-likeness (QED) is 0.607. The zero-order valence-electron chi connectivity index (χ0n) is 16.3. The van der Waals surface area contributed by atoms with Crippen molar-refractivity contribution in [1.29, 1.82) is 0 Å². The highest BCUT2D eigenvalue weighted by atomic mass is 32.2. The number of hydrogen-bond acceptors (Lipinski definition) is 4. The van der Waals surface area contributed by atoms with Gasteiger partial charge < -0.3 is 10.6 Å². The minimum absolute atomic E-state index is 0.181. The van der Waals surface area contributed by atoms with Gasteiger partial charge in [-0.1, -0.05) is 13.8 Å². The molecule has 1 aliphatic heterocycles. The largest absolute Gasteiger partial charge is 0.355 e. The van der Waals surface area contributed by atoms with Gasteiger partial charge in [0.2, 0.25) is 0 Å². The van der Waals surface area contributed by atoms with Gasteiger partial charge in [-0.05, 0) is 27.2 Å². The third kappa shape index (κ3) is 5.52. The van der Waals surface area contributed by atoms with Gasteiger partial charge in [0.1, 0.15) is 5.82 Å². The Kier molecular flexibility index (Phi) is 6.59. The van der Waals surface area contributed by atoms with Crippen molar-refractivity contribution in [3.63, 3.8) is 0 Å². The fourth-order valence-corrected chi connectivity index (χ4v) is 3.55.